The maximum atomic E-state index is 12.2. The first-order valence-corrected chi connectivity index (χ1v) is 5.91. The number of rotatable bonds is 3. The van der Waals surface area contributed by atoms with E-state index < -0.39 is 0 Å². The number of aromatic nitrogens is 1. The molecular weight excluding hydrogens is 232 g/mol. The van der Waals surface area contributed by atoms with Gasteiger partial charge >= 0.3 is 0 Å². The van der Waals surface area contributed by atoms with E-state index in [0.717, 1.165) is 6.42 Å². The Balaban J connectivity index is 2.17. The summed E-state index contributed by atoms with van der Waals surface area (Å²) >= 11 is 0. The summed E-state index contributed by atoms with van der Waals surface area (Å²) in [6.07, 6.45) is 3.86. The Labute approximate surface area is 106 Å². The molecule has 1 aromatic heterocycles. The molecule has 2 atom stereocenters. The monoisotopic (exact) mass is 250 g/mol. The number of anilines is 1. The van der Waals surface area contributed by atoms with Gasteiger partial charge in [-0.25, -0.2) is 0 Å². The maximum absolute atomic E-state index is 12.2. The molecule has 6 heteroatoms. The van der Waals surface area contributed by atoms with Crippen molar-refractivity contribution in [3.8, 4) is 0 Å². The lowest BCUT2D eigenvalue weighted by molar-refractivity contribution is 0.0727. The van der Waals surface area contributed by atoms with E-state index in [1.807, 2.05) is 13.8 Å². The Morgan fingerprint density at radius 3 is 3.06 bits per heavy atom. The zero-order valence-corrected chi connectivity index (χ0v) is 10.6. The van der Waals surface area contributed by atoms with Crippen LogP contribution in [0.2, 0.25) is 0 Å². The summed E-state index contributed by atoms with van der Waals surface area (Å²) in [5, 5.41) is 3.00. The first-order chi connectivity index (χ1) is 8.57. The van der Waals surface area contributed by atoms with E-state index in [9.17, 15) is 4.79 Å². The van der Waals surface area contributed by atoms with Gasteiger partial charge in [0.25, 0.3) is 5.91 Å². The highest BCUT2D eigenvalue weighted by Gasteiger charge is 2.38. The van der Waals surface area contributed by atoms with Crippen molar-refractivity contribution in [1.82, 2.24) is 10.3 Å². The Bertz CT molecular complexity index is 451. The van der Waals surface area contributed by atoms with Crippen LogP contribution in [-0.2, 0) is 4.74 Å². The van der Waals surface area contributed by atoms with Crippen LogP contribution in [0.1, 0.15) is 30.6 Å². The van der Waals surface area contributed by atoms with Crippen molar-refractivity contribution in [3.63, 3.8) is 0 Å². The molecule has 1 aliphatic heterocycles. The largest absolute Gasteiger partial charge is 0.376 e. The fourth-order valence-corrected chi connectivity index (χ4v) is 2.03. The number of hydrogen-bond donors (Lipinski definition) is 3. The molecule has 1 amide bonds. The first kappa shape index (κ1) is 12.8. The van der Waals surface area contributed by atoms with Crippen molar-refractivity contribution in [2.75, 3.05) is 12.0 Å². The van der Waals surface area contributed by atoms with E-state index >= 15 is 0 Å². The highest BCUT2D eigenvalue weighted by atomic mass is 16.5. The fraction of sp³-hybridized carbons (Fsp3) is 0.500. The van der Waals surface area contributed by atoms with Crippen molar-refractivity contribution in [2.24, 2.45) is 5.84 Å². The molecule has 2 rings (SSSR count). The van der Waals surface area contributed by atoms with Crippen molar-refractivity contribution < 1.29 is 9.53 Å². The van der Waals surface area contributed by atoms with Crippen LogP contribution in [0.15, 0.2) is 18.5 Å². The van der Waals surface area contributed by atoms with Gasteiger partial charge in [0, 0.05) is 19.0 Å². The van der Waals surface area contributed by atoms with Gasteiger partial charge in [-0.05, 0) is 26.3 Å². The topological polar surface area (TPSA) is 89.3 Å². The number of carbonyl (C=O) groups excluding carboxylic acids is 1. The number of ether oxygens (including phenoxy) is 1. The quantitative estimate of drug-likeness (QED) is 0.542. The summed E-state index contributed by atoms with van der Waals surface area (Å²) in [6, 6.07) is 1.66. The zero-order valence-electron chi connectivity index (χ0n) is 10.6. The second kappa shape index (κ2) is 4.91. The second-order valence-corrected chi connectivity index (χ2v) is 4.70. The predicted octanol–water partition coefficient (Wildman–Crippen LogP) is 0.665. The molecule has 18 heavy (non-hydrogen) atoms. The first-order valence-electron chi connectivity index (χ1n) is 5.91. The van der Waals surface area contributed by atoms with Gasteiger partial charge in [-0.1, -0.05) is 0 Å². The molecule has 0 spiro atoms. The number of amides is 1. The zero-order chi connectivity index (χ0) is 13.2. The predicted molar refractivity (Wildman–Crippen MR) is 67.9 cm³/mol. The van der Waals surface area contributed by atoms with Crippen LogP contribution < -0.4 is 16.6 Å². The molecule has 2 heterocycles. The number of nitrogens with two attached hydrogens (primary N) is 1. The van der Waals surface area contributed by atoms with Crippen LogP contribution in [0.4, 0.5) is 5.69 Å². The number of nitrogen functional groups attached to an aromatic ring is 1. The Kier molecular flexibility index (Phi) is 3.49. The van der Waals surface area contributed by atoms with Gasteiger partial charge in [-0.3, -0.25) is 15.6 Å². The van der Waals surface area contributed by atoms with Gasteiger partial charge in [-0.2, -0.15) is 0 Å². The smallest absolute Gasteiger partial charge is 0.255 e. The Morgan fingerprint density at radius 1 is 1.67 bits per heavy atom. The van der Waals surface area contributed by atoms with Gasteiger partial charge < -0.3 is 15.5 Å². The van der Waals surface area contributed by atoms with E-state index in [1.54, 1.807) is 12.3 Å². The summed E-state index contributed by atoms with van der Waals surface area (Å²) in [5.41, 5.74) is 3.13. The van der Waals surface area contributed by atoms with Crippen molar-refractivity contribution >= 4 is 11.6 Å². The highest BCUT2D eigenvalue weighted by Crippen LogP contribution is 2.26. The van der Waals surface area contributed by atoms with E-state index in [-0.39, 0.29) is 17.6 Å². The summed E-state index contributed by atoms with van der Waals surface area (Å²) in [7, 11) is 0. The minimum atomic E-state index is -0.348. The molecule has 0 saturated carbocycles. The molecule has 1 aromatic rings. The number of hydrogen-bond acceptors (Lipinski definition) is 5. The molecule has 0 radical (unpaired) electrons. The second-order valence-electron chi connectivity index (χ2n) is 4.70. The molecular formula is C12H18N4O2. The molecule has 4 N–H and O–H groups in total. The molecule has 0 aromatic carbocycles. The third-order valence-corrected chi connectivity index (χ3v) is 3.51. The minimum absolute atomic E-state index is 0.00703. The van der Waals surface area contributed by atoms with Gasteiger partial charge in [0.15, 0.2) is 0 Å². The molecule has 1 fully saturated rings. The third-order valence-electron chi connectivity index (χ3n) is 3.51. The molecule has 0 bridgehead atoms. The van der Waals surface area contributed by atoms with Crippen LogP contribution in [0.25, 0.3) is 0 Å². The van der Waals surface area contributed by atoms with Crippen LogP contribution >= 0.6 is 0 Å². The lowest BCUT2D eigenvalue weighted by Gasteiger charge is -2.29. The highest BCUT2D eigenvalue weighted by molar-refractivity contribution is 5.99. The van der Waals surface area contributed by atoms with Gasteiger partial charge in [0.2, 0.25) is 0 Å². The standard InChI is InChI=1S/C12H18N4O2/c1-8-12(2,4-6-18-8)15-11(17)9-7-14-5-3-10(9)16-13/h3,5,7-8H,4,6,13H2,1-2H3,(H,14,16)(H,15,17). The lowest BCUT2D eigenvalue weighted by Crippen LogP contribution is -2.50. The Morgan fingerprint density at radius 2 is 2.44 bits per heavy atom. The van der Waals surface area contributed by atoms with Gasteiger partial charge in [0.05, 0.1) is 22.9 Å². The summed E-state index contributed by atoms with van der Waals surface area (Å²) in [5.74, 6) is 5.18. The fourth-order valence-electron chi connectivity index (χ4n) is 2.03. The van der Waals surface area contributed by atoms with Crippen LogP contribution in [0.5, 0.6) is 0 Å². The number of nitrogens with zero attached hydrogens (tertiary/aromatic N) is 1. The third kappa shape index (κ3) is 2.30. The van der Waals surface area contributed by atoms with E-state index in [2.05, 4.69) is 15.7 Å². The number of pyridine rings is 1. The van der Waals surface area contributed by atoms with Crippen molar-refractivity contribution in [1.29, 1.82) is 0 Å². The average molecular weight is 250 g/mol. The summed E-state index contributed by atoms with van der Waals surface area (Å²) in [4.78, 5) is 16.2. The molecule has 1 saturated heterocycles. The average Bonchev–Trinajstić information content (AvgIpc) is 2.69. The SMILES string of the molecule is CC1OCCC1(C)NC(=O)c1cnccc1NN. The molecule has 1 aliphatic rings. The van der Waals surface area contributed by atoms with E-state index in [0.29, 0.717) is 17.9 Å². The van der Waals surface area contributed by atoms with Crippen molar-refractivity contribution in [3.05, 3.63) is 24.0 Å². The maximum Gasteiger partial charge on any atom is 0.255 e. The lowest BCUT2D eigenvalue weighted by atomic mass is 9.94. The summed E-state index contributed by atoms with van der Waals surface area (Å²) in [6.45, 7) is 4.60. The molecule has 0 aliphatic carbocycles. The molecule has 2 unspecified atom stereocenters. The number of nitrogens with one attached hydrogen (secondary N) is 2. The Hall–Kier alpha value is -1.66. The van der Waals surface area contributed by atoms with Crippen LogP contribution in [0.3, 0.4) is 0 Å². The van der Waals surface area contributed by atoms with E-state index in [1.165, 1.54) is 6.20 Å². The van der Waals surface area contributed by atoms with Gasteiger partial charge in [-0.15, -0.1) is 0 Å². The number of carbonyl (C=O) groups is 1. The van der Waals surface area contributed by atoms with Gasteiger partial charge in [0.1, 0.15) is 0 Å². The normalized spacial score (nSPS) is 26.9. The van der Waals surface area contributed by atoms with E-state index in [4.69, 9.17) is 10.6 Å². The van der Waals surface area contributed by atoms with Crippen molar-refractivity contribution in [2.45, 2.75) is 31.9 Å². The number of hydrazine groups is 1. The van der Waals surface area contributed by atoms with Crippen LogP contribution in [0, 0.1) is 0 Å². The minimum Gasteiger partial charge on any atom is -0.376 e. The molecule has 6 nitrogen and oxygen atoms in total. The van der Waals surface area contributed by atoms with Crippen LogP contribution in [-0.4, -0.2) is 29.1 Å². The summed E-state index contributed by atoms with van der Waals surface area (Å²) < 4.78 is 5.49. The molecule has 98 valence electrons.